The smallest absolute Gasteiger partial charge is 0.307 e. The van der Waals surface area contributed by atoms with Crippen molar-refractivity contribution in [3.63, 3.8) is 0 Å². The summed E-state index contributed by atoms with van der Waals surface area (Å²) < 4.78 is 32.7. The molecule has 0 aromatic heterocycles. The van der Waals surface area contributed by atoms with Crippen molar-refractivity contribution in [3.8, 4) is 0 Å². The fourth-order valence-electron chi connectivity index (χ4n) is 3.10. The summed E-state index contributed by atoms with van der Waals surface area (Å²) in [6, 6.07) is 15.5. The highest BCUT2D eigenvalue weighted by Gasteiger charge is 2.46. The van der Waals surface area contributed by atoms with Crippen LogP contribution in [-0.4, -0.2) is 48.3 Å². The molecule has 0 radical (unpaired) electrons. The number of urea groups is 2. The molecule has 1 spiro atoms. The molecule has 2 aromatic carbocycles. The number of hydrogen-bond donors (Lipinski definition) is 4. The molecule has 0 unspecified atom stereocenters. The monoisotopic (exact) mass is 370 g/mol. The van der Waals surface area contributed by atoms with E-state index < -0.39 is 17.5 Å². The van der Waals surface area contributed by atoms with Crippen molar-refractivity contribution in [1.29, 1.82) is 0 Å². The molecule has 2 heterocycles. The van der Waals surface area contributed by atoms with E-state index in [4.69, 9.17) is 5.65 Å². The van der Waals surface area contributed by atoms with Crippen LogP contribution in [0.2, 0.25) is 5.65 Å². The van der Waals surface area contributed by atoms with Crippen molar-refractivity contribution < 1.29 is 15.2 Å². The van der Waals surface area contributed by atoms with Gasteiger partial charge in [-0.3, -0.25) is 10.0 Å². The first kappa shape index (κ1) is 13.1. The van der Waals surface area contributed by atoms with Crippen LogP contribution in [-0.2, 0) is 0 Å². The second-order valence-corrected chi connectivity index (χ2v) is 6.67. The maximum absolute atomic E-state index is 12.8. The third-order valence-corrected chi connectivity index (χ3v) is 4.53. The van der Waals surface area contributed by atoms with Gasteiger partial charge in [0.25, 0.3) is 0 Å². The minimum atomic E-state index is -0.732. The molecular weight excluding hydrogens is 344 g/mol. The van der Waals surface area contributed by atoms with Crippen molar-refractivity contribution in [2.24, 2.45) is 5.41 Å². The second-order valence-electron chi connectivity index (χ2n) is 6.67. The van der Waals surface area contributed by atoms with E-state index in [1.54, 1.807) is 60.7 Å². The standard InChI is InChI=1S/C19H22N6O2/c26-17(22-15-7-3-1-4-8-15)24-13-19(11-20-24)12-21-25(14-19)18(27)23-16-9-5-2-6-10-16/h1-10,20-21H,11-14H2,(H,22,26)(H,23,27)/i/hD4. The van der Waals surface area contributed by atoms with Crippen LogP contribution in [0, 0.1) is 5.41 Å². The number of hydrogen-bond acceptors (Lipinski definition) is 4. The van der Waals surface area contributed by atoms with Gasteiger partial charge in [0.2, 0.25) is 0 Å². The van der Waals surface area contributed by atoms with E-state index in [1.807, 2.05) is 0 Å². The summed E-state index contributed by atoms with van der Waals surface area (Å²) in [7, 11) is 0. The fourth-order valence-corrected chi connectivity index (χ4v) is 3.10. The van der Waals surface area contributed by atoms with Crippen LogP contribution in [0.1, 0.15) is 0 Å². The van der Waals surface area contributed by atoms with E-state index in [0.29, 0.717) is 11.4 Å². The Bertz CT molecular complexity index is 875. The van der Waals surface area contributed by atoms with Gasteiger partial charge in [-0.25, -0.2) is 20.4 Å². The Morgan fingerprint density at radius 3 is 1.67 bits per heavy atom. The maximum atomic E-state index is 12.8. The van der Waals surface area contributed by atoms with Crippen molar-refractivity contribution in [2.45, 2.75) is 0 Å². The minimum Gasteiger partial charge on any atom is -0.307 e. The largest absolute Gasteiger partial charge is 0.336 e. The third kappa shape index (κ3) is 3.86. The summed E-state index contributed by atoms with van der Waals surface area (Å²) in [6.45, 7) is 0.397. The van der Waals surface area contributed by atoms with Crippen LogP contribution in [0.15, 0.2) is 60.7 Å². The minimum absolute atomic E-state index is 0.0834. The zero-order chi connectivity index (χ0) is 22.2. The molecule has 2 fully saturated rings. The molecule has 0 saturated carbocycles. The Kier molecular flexibility index (Phi) is 3.53. The molecule has 0 aliphatic carbocycles. The number of benzene rings is 2. The van der Waals surface area contributed by atoms with Gasteiger partial charge in [0.05, 0.1) is 0 Å². The number of para-hydroxylation sites is 2. The van der Waals surface area contributed by atoms with Gasteiger partial charge in [0.1, 0.15) is 2.82 Å². The number of rotatable bonds is 2. The van der Waals surface area contributed by atoms with Crippen LogP contribution >= 0.6 is 0 Å². The van der Waals surface area contributed by atoms with Gasteiger partial charge in [-0.05, 0) is 24.3 Å². The van der Waals surface area contributed by atoms with E-state index in [1.165, 1.54) is 0 Å². The molecule has 2 aliphatic rings. The number of nitrogens with zero attached hydrogens (tertiary/aromatic N) is 2. The van der Waals surface area contributed by atoms with Crippen LogP contribution in [0.4, 0.5) is 21.0 Å². The summed E-state index contributed by atoms with van der Waals surface area (Å²) in [5.74, 6) is 0. The van der Waals surface area contributed by atoms with Crippen LogP contribution in [0.25, 0.3) is 0 Å². The molecule has 4 rings (SSSR count). The highest BCUT2D eigenvalue weighted by Crippen LogP contribution is 2.28. The normalized spacial score (nSPS) is 21.5. The first-order valence-electron chi connectivity index (χ1n) is 10.4. The molecule has 8 nitrogen and oxygen atoms in total. The Hall–Kier alpha value is -3.10. The molecule has 0 bridgehead atoms. The van der Waals surface area contributed by atoms with Crippen molar-refractivity contribution in [2.75, 3.05) is 36.8 Å². The fraction of sp³-hybridized carbons (Fsp3) is 0.263. The van der Waals surface area contributed by atoms with Gasteiger partial charge in [-0.1, -0.05) is 36.4 Å². The number of carbonyl (C=O) groups is 2. The number of carbonyl (C=O) groups excluding carboxylic acids is 2. The van der Waals surface area contributed by atoms with Gasteiger partial charge in [-0.15, -0.1) is 0 Å². The first-order valence-corrected chi connectivity index (χ1v) is 8.65. The van der Waals surface area contributed by atoms with Gasteiger partial charge >= 0.3 is 12.1 Å². The number of hydrazine groups is 2. The molecule has 140 valence electrons. The molecule has 2 aliphatic heterocycles. The SMILES string of the molecule is [2H]N(C(=O)N1CC2(CN1[2H])CN([2H])N(C(=O)N([2H])c1ccccc1)C2)c1ccccc1. The molecule has 0 atom stereocenters. The molecule has 8 heteroatoms. The molecule has 2 saturated heterocycles. The van der Waals surface area contributed by atoms with Gasteiger partial charge in [0.15, 0.2) is 2.82 Å². The van der Waals surface area contributed by atoms with E-state index in [9.17, 15) is 9.59 Å². The first-order chi connectivity index (χ1) is 14.8. The van der Waals surface area contributed by atoms with E-state index in [2.05, 4.69) is 0 Å². The highest BCUT2D eigenvalue weighted by molar-refractivity contribution is 5.90. The average molecular weight is 370 g/mol. The summed E-state index contributed by atoms with van der Waals surface area (Å²) >= 11 is 0. The molecule has 27 heavy (non-hydrogen) atoms. The summed E-state index contributed by atoms with van der Waals surface area (Å²) in [4.78, 5) is 25.6. The van der Waals surface area contributed by atoms with E-state index in [-0.39, 0.29) is 26.2 Å². The number of amides is 4. The van der Waals surface area contributed by atoms with Crippen molar-refractivity contribution in [1.82, 2.24) is 20.9 Å². The van der Waals surface area contributed by atoms with Crippen LogP contribution < -0.4 is 21.5 Å². The summed E-state index contributed by atoms with van der Waals surface area (Å²) in [5.41, 5.74) is 1.97. The zero-order valence-electron chi connectivity index (χ0n) is 18.6. The highest BCUT2D eigenvalue weighted by atomic mass is 16.2. The molecule has 4 N–H and O–H groups in total. The van der Waals surface area contributed by atoms with Gasteiger partial charge in [-0.2, -0.15) is 0 Å². The van der Waals surface area contributed by atoms with E-state index >= 15 is 0 Å². The second kappa shape index (κ2) is 7.26. The lowest BCUT2D eigenvalue weighted by molar-refractivity contribution is 0.195. The zero-order valence-corrected chi connectivity index (χ0v) is 14.6. The van der Waals surface area contributed by atoms with Crippen LogP contribution in [0.3, 0.4) is 0 Å². The lowest BCUT2D eigenvalue weighted by Crippen LogP contribution is -2.41. The molecule has 2 aromatic rings. The van der Waals surface area contributed by atoms with E-state index in [0.717, 1.165) is 31.5 Å². The Morgan fingerprint density at radius 2 is 1.26 bits per heavy atom. The van der Waals surface area contributed by atoms with Gasteiger partial charge in [0, 0.05) is 43.0 Å². The topological polar surface area (TPSA) is 88.7 Å². The number of nitrogens with one attached hydrogen (secondary N) is 4. The van der Waals surface area contributed by atoms with Crippen molar-refractivity contribution in [3.05, 3.63) is 60.7 Å². The molecule has 4 amide bonds. The lowest BCUT2D eigenvalue weighted by Gasteiger charge is -2.22. The Balaban J connectivity index is 1.47. The predicted molar refractivity (Wildman–Crippen MR) is 103 cm³/mol. The Labute approximate surface area is 163 Å². The molecular formula is C19H22N6O2. The number of anilines is 2. The predicted octanol–water partition coefficient (Wildman–Crippen LogP) is 2.08. The van der Waals surface area contributed by atoms with Gasteiger partial charge < -0.3 is 10.6 Å². The van der Waals surface area contributed by atoms with Crippen LogP contribution in [0.5, 0.6) is 0 Å². The van der Waals surface area contributed by atoms with Crippen molar-refractivity contribution >= 4 is 23.4 Å². The maximum Gasteiger partial charge on any atom is 0.336 e. The summed E-state index contributed by atoms with van der Waals surface area (Å²) in [5, 5.41) is 3.71. The third-order valence-electron chi connectivity index (χ3n) is 4.53. The lowest BCUT2D eigenvalue weighted by atomic mass is 9.91. The summed E-state index contributed by atoms with van der Waals surface area (Å²) in [6.07, 6.45) is 0. The average Bonchev–Trinajstić information content (AvgIpc) is 3.29. The Morgan fingerprint density at radius 1 is 0.852 bits per heavy atom. The quantitative estimate of drug-likeness (QED) is 0.652.